The molecule has 0 spiro atoms. The van der Waals surface area contributed by atoms with Crippen LogP contribution in [0.15, 0.2) is 128 Å². The van der Waals surface area contributed by atoms with Crippen molar-refractivity contribution >= 4 is 16.9 Å². The van der Waals surface area contributed by atoms with E-state index in [0.717, 1.165) is 11.4 Å². The Bertz CT molecular complexity index is 1600. The third kappa shape index (κ3) is 4.15. The third-order valence-electron chi connectivity index (χ3n) is 8.04. The molecule has 0 radical (unpaired) electrons. The molecule has 1 heteroatoms. The first kappa shape index (κ1) is 24.0. The average Bonchev–Trinajstić information content (AvgIpc) is 3.18. The molecule has 0 aromatic heterocycles. The van der Waals surface area contributed by atoms with Crippen molar-refractivity contribution in [2.75, 3.05) is 4.90 Å². The van der Waals surface area contributed by atoms with Crippen LogP contribution >= 0.6 is 0 Å². The van der Waals surface area contributed by atoms with E-state index in [9.17, 15) is 0 Å². The molecule has 0 saturated heterocycles. The average molecular weight is 492 g/mol. The van der Waals surface area contributed by atoms with E-state index in [1.54, 1.807) is 0 Å². The summed E-state index contributed by atoms with van der Waals surface area (Å²) in [5, 5.41) is 0. The highest BCUT2D eigenvalue weighted by Crippen LogP contribution is 2.50. The molecule has 0 unspecified atom stereocenters. The van der Waals surface area contributed by atoms with Crippen molar-refractivity contribution in [1.29, 1.82) is 0 Å². The van der Waals surface area contributed by atoms with Crippen molar-refractivity contribution < 1.29 is 0 Å². The number of aryl methyl sites for hydroxylation is 2. The quantitative estimate of drug-likeness (QED) is 0.236. The molecule has 0 heterocycles. The number of nitrogens with zero attached hydrogens (tertiary/aromatic N) is 1. The van der Waals surface area contributed by atoms with Gasteiger partial charge in [0.2, 0.25) is 0 Å². The lowest BCUT2D eigenvalue weighted by molar-refractivity contribution is 0.660. The summed E-state index contributed by atoms with van der Waals surface area (Å²) in [5.74, 6) is 0. The van der Waals surface area contributed by atoms with Gasteiger partial charge < -0.3 is 4.90 Å². The highest BCUT2D eigenvalue weighted by Gasteiger charge is 2.35. The maximum absolute atomic E-state index is 2.40. The molecule has 38 heavy (non-hydrogen) atoms. The highest BCUT2D eigenvalue weighted by atomic mass is 15.1. The fourth-order valence-corrected chi connectivity index (χ4v) is 5.70. The van der Waals surface area contributed by atoms with E-state index in [4.69, 9.17) is 0 Å². The van der Waals surface area contributed by atoms with Crippen LogP contribution in [0.25, 0.3) is 16.7 Å². The summed E-state index contributed by atoms with van der Waals surface area (Å²) in [6.07, 6.45) is 2.31. The summed E-state index contributed by atoms with van der Waals surface area (Å²) in [4.78, 5) is 2.36. The topological polar surface area (TPSA) is 3.24 Å². The molecule has 1 nitrogen and oxygen atoms in total. The molecule has 1 aliphatic rings. The Morgan fingerprint density at radius 2 is 1.11 bits per heavy atom. The van der Waals surface area contributed by atoms with Gasteiger partial charge in [-0.25, -0.2) is 0 Å². The zero-order valence-electron chi connectivity index (χ0n) is 22.6. The van der Waals surface area contributed by atoms with Crippen LogP contribution in [0.2, 0.25) is 0 Å². The van der Waals surface area contributed by atoms with Crippen LogP contribution in [0.3, 0.4) is 0 Å². The van der Waals surface area contributed by atoms with Gasteiger partial charge in [-0.15, -0.1) is 0 Å². The van der Waals surface area contributed by atoms with Crippen LogP contribution in [0.4, 0.5) is 11.4 Å². The predicted molar refractivity (Wildman–Crippen MR) is 162 cm³/mol. The number of anilines is 2. The summed E-state index contributed by atoms with van der Waals surface area (Å²) in [7, 11) is 0. The lowest BCUT2D eigenvalue weighted by Crippen LogP contribution is -2.16. The molecule has 0 aliphatic heterocycles. The smallest absolute Gasteiger partial charge is 0.0459 e. The molecular weight excluding hydrogens is 458 g/mol. The van der Waals surface area contributed by atoms with E-state index in [-0.39, 0.29) is 5.41 Å². The first-order valence-corrected chi connectivity index (χ1v) is 13.4. The second-order valence-corrected chi connectivity index (χ2v) is 10.8. The lowest BCUT2D eigenvalue weighted by Gasteiger charge is -2.27. The minimum atomic E-state index is -0.0534. The maximum atomic E-state index is 2.40. The van der Waals surface area contributed by atoms with Crippen LogP contribution in [0.1, 0.15) is 47.2 Å². The first-order chi connectivity index (χ1) is 18.4. The molecule has 0 amide bonds. The summed E-state index contributed by atoms with van der Waals surface area (Å²) in [6, 6.07) is 44.0. The molecular formula is C37H33N. The molecule has 186 valence electrons. The fraction of sp³-hybridized carbons (Fsp3) is 0.135. The Morgan fingerprint density at radius 3 is 1.76 bits per heavy atom. The van der Waals surface area contributed by atoms with E-state index >= 15 is 0 Å². The molecule has 0 N–H and O–H groups in total. The Labute approximate surface area is 226 Å². The van der Waals surface area contributed by atoms with Gasteiger partial charge in [0.25, 0.3) is 0 Å². The van der Waals surface area contributed by atoms with Crippen molar-refractivity contribution in [3.63, 3.8) is 0 Å². The minimum absolute atomic E-state index is 0.0534. The van der Waals surface area contributed by atoms with E-state index in [2.05, 4.69) is 160 Å². The van der Waals surface area contributed by atoms with Crippen LogP contribution in [-0.4, -0.2) is 0 Å². The molecule has 5 aromatic carbocycles. The summed E-state index contributed by atoms with van der Waals surface area (Å²) >= 11 is 0. The molecule has 0 atom stereocenters. The van der Waals surface area contributed by atoms with Crippen molar-refractivity contribution in [2.45, 2.75) is 33.1 Å². The van der Waals surface area contributed by atoms with Gasteiger partial charge in [0.15, 0.2) is 0 Å². The minimum Gasteiger partial charge on any atom is -0.317 e. The van der Waals surface area contributed by atoms with Crippen LogP contribution in [-0.2, 0) is 5.41 Å². The van der Waals surface area contributed by atoms with Gasteiger partial charge in [0.1, 0.15) is 0 Å². The number of benzene rings is 5. The Hall–Kier alpha value is -4.36. The highest BCUT2D eigenvalue weighted by molar-refractivity contribution is 5.87. The van der Waals surface area contributed by atoms with Gasteiger partial charge in [-0.1, -0.05) is 111 Å². The van der Waals surface area contributed by atoms with Gasteiger partial charge in [0.05, 0.1) is 0 Å². The van der Waals surface area contributed by atoms with Gasteiger partial charge in [-0.05, 0) is 82.6 Å². The monoisotopic (exact) mass is 491 g/mol. The van der Waals surface area contributed by atoms with Crippen LogP contribution in [0.5, 0.6) is 0 Å². The summed E-state index contributed by atoms with van der Waals surface area (Å²) in [5.41, 5.74) is 13.9. The normalized spacial score (nSPS) is 12.9. The van der Waals surface area contributed by atoms with E-state index in [1.165, 1.54) is 50.1 Å². The number of rotatable bonds is 5. The Morgan fingerprint density at radius 1 is 0.553 bits per heavy atom. The van der Waals surface area contributed by atoms with Crippen LogP contribution < -0.4 is 4.90 Å². The SMILES string of the molecule is Cc1ccc(N(C=C(c2ccccc2)c2ccccc2)c2ccc3c(c2)C(C)(C)c2ccccc2-3)cc1C. The fourth-order valence-electron chi connectivity index (χ4n) is 5.70. The predicted octanol–water partition coefficient (Wildman–Crippen LogP) is 9.84. The van der Waals surface area contributed by atoms with E-state index < -0.39 is 0 Å². The molecule has 1 aliphatic carbocycles. The summed E-state index contributed by atoms with van der Waals surface area (Å²) < 4.78 is 0. The number of hydrogen-bond acceptors (Lipinski definition) is 1. The largest absolute Gasteiger partial charge is 0.317 e. The van der Waals surface area contributed by atoms with E-state index in [0.29, 0.717) is 0 Å². The Kier molecular flexibility index (Phi) is 6.00. The van der Waals surface area contributed by atoms with Gasteiger partial charge in [-0.2, -0.15) is 0 Å². The summed E-state index contributed by atoms with van der Waals surface area (Å²) in [6.45, 7) is 9.06. The Balaban J connectivity index is 1.57. The van der Waals surface area contributed by atoms with Crippen LogP contribution in [0, 0.1) is 13.8 Å². The molecule has 0 bridgehead atoms. The second kappa shape index (κ2) is 9.50. The van der Waals surface area contributed by atoms with Crippen molar-refractivity contribution in [2.24, 2.45) is 0 Å². The second-order valence-electron chi connectivity index (χ2n) is 10.8. The number of fused-ring (bicyclic) bond motifs is 3. The molecule has 0 fully saturated rings. The van der Waals surface area contributed by atoms with Gasteiger partial charge >= 0.3 is 0 Å². The standard InChI is InChI=1S/C37H33N/c1-26-19-20-30(23-27(26)2)38(25-34(28-13-7-5-8-14-28)29-15-9-6-10-16-29)31-21-22-33-32-17-11-12-18-35(32)37(3,4)36(33)24-31/h5-25H,1-4H3. The molecule has 0 saturated carbocycles. The molecule has 6 rings (SSSR count). The lowest BCUT2D eigenvalue weighted by atomic mass is 9.82. The first-order valence-electron chi connectivity index (χ1n) is 13.4. The van der Waals surface area contributed by atoms with Crippen molar-refractivity contribution in [1.82, 2.24) is 0 Å². The van der Waals surface area contributed by atoms with E-state index in [1.807, 2.05) is 0 Å². The number of hydrogen-bond donors (Lipinski definition) is 0. The van der Waals surface area contributed by atoms with Gasteiger partial charge in [0, 0.05) is 28.6 Å². The van der Waals surface area contributed by atoms with Crippen molar-refractivity contribution in [3.8, 4) is 11.1 Å². The maximum Gasteiger partial charge on any atom is 0.0459 e. The zero-order valence-corrected chi connectivity index (χ0v) is 22.6. The van der Waals surface area contributed by atoms with Gasteiger partial charge in [-0.3, -0.25) is 0 Å². The van der Waals surface area contributed by atoms with Crippen molar-refractivity contribution in [3.05, 3.63) is 161 Å². The third-order valence-corrected chi connectivity index (χ3v) is 8.04. The zero-order chi connectivity index (χ0) is 26.3. The molecule has 5 aromatic rings.